The average Bonchev–Trinajstić information content (AvgIpc) is 3.13. The molecule has 3 rings (SSSR count). The first-order chi connectivity index (χ1) is 11.6. The van der Waals surface area contributed by atoms with Crippen LogP contribution in [0, 0.1) is 0 Å². The van der Waals surface area contributed by atoms with E-state index >= 15 is 0 Å². The van der Waals surface area contributed by atoms with Gasteiger partial charge in [-0.05, 0) is 59.3 Å². The molecule has 2 aromatic heterocycles. The van der Waals surface area contributed by atoms with Gasteiger partial charge in [-0.15, -0.1) is 11.3 Å². The number of nitrogens with zero attached hydrogens (tertiary/aromatic N) is 2. The Kier molecular flexibility index (Phi) is 5.47. The molecule has 24 heavy (non-hydrogen) atoms. The Labute approximate surface area is 158 Å². The topological polar surface area (TPSA) is 54.5 Å². The highest BCUT2D eigenvalue weighted by atomic mass is 79.9. The van der Waals surface area contributed by atoms with Crippen LogP contribution in [0.15, 0.2) is 40.3 Å². The summed E-state index contributed by atoms with van der Waals surface area (Å²) >= 11 is 10.6. The molecule has 126 valence electrons. The van der Waals surface area contributed by atoms with Gasteiger partial charge in [0.1, 0.15) is 6.54 Å². The number of thiophene rings is 1. The van der Waals surface area contributed by atoms with Gasteiger partial charge in [0, 0.05) is 11.1 Å². The summed E-state index contributed by atoms with van der Waals surface area (Å²) in [6.07, 6.45) is 1.76. The molecule has 0 aliphatic carbocycles. The fraction of sp³-hybridized carbons (Fsp3) is 0.312. The Bertz CT molecular complexity index is 738. The highest BCUT2D eigenvalue weighted by molar-refractivity contribution is 9.11. The molecule has 0 amide bonds. The van der Waals surface area contributed by atoms with E-state index in [9.17, 15) is 4.79 Å². The molecule has 0 bridgehead atoms. The van der Waals surface area contributed by atoms with E-state index in [2.05, 4.69) is 26.2 Å². The van der Waals surface area contributed by atoms with Crippen LogP contribution >= 0.6 is 39.5 Å². The van der Waals surface area contributed by atoms with E-state index in [1.807, 2.05) is 35.2 Å². The van der Waals surface area contributed by atoms with Crippen molar-refractivity contribution in [3.63, 3.8) is 0 Å². The Morgan fingerprint density at radius 2 is 2.29 bits per heavy atom. The van der Waals surface area contributed by atoms with Crippen LogP contribution in [0.2, 0.25) is 0 Å². The lowest BCUT2D eigenvalue weighted by Crippen LogP contribution is -2.35. The third kappa shape index (κ3) is 3.60. The lowest BCUT2D eigenvalue weighted by Gasteiger charge is -2.25. The molecule has 8 heteroatoms. The minimum atomic E-state index is -0.288. The zero-order chi connectivity index (χ0) is 17.1. The first-order valence-electron chi connectivity index (χ1n) is 7.49. The van der Waals surface area contributed by atoms with Crippen LogP contribution in [0.4, 0.5) is 0 Å². The smallest absolute Gasteiger partial charge is 0.325 e. The van der Waals surface area contributed by atoms with Crippen molar-refractivity contribution in [2.75, 3.05) is 13.2 Å². The molecular weight excluding hydrogens is 410 g/mol. The molecule has 1 aliphatic rings. The Hall–Kier alpha value is -1.51. The molecule has 0 spiro atoms. The molecule has 2 unspecified atom stereocenters. The summed E-state index contributed by atoms with van der Waals surface area (Å²) in [5, 5.41) is 3.84. The van der Waals surface area contributed by atoms with Crippen LogP contribution in [0.3, 0.4) is 0 Å². The summed E-state index contributed by atoms with van der Waals surface area (Å²) in [5.74, 6) is -0.288. The number of halogens is 1. The molecule has 3 heterocycles. The maximum atomic E-state index is 12.0. The first kappa shape index (κ1) is 17.3. The number of esters is 1. The summed E-state index contributed by atoms with van der Waals surface area (Å²) in [7, 11) is 0. The maximum absolute atomic E-state index is 12.0. The van der Waals surface area contributed by atoms with Gasteiger partial charge in [-0.2, -0.15) is 0 Å². The van der Waals surface area contributed by atoms with Gasteiger partial charge < -0.3 is 15.0 Å². The SMILES string of the molecule is CCOC(=O)CN1C(=S)NC(c2ccccn2)C1c1ccc(Br)s1. The number of hydrogen-bond acceptors (Lipinski definition) is 5. The van der Waals surface area contributed by atoms with Gasteiger partial charge in [0.25, 0.3) is 0 Å². The van der Waals surface area contributed by atoms with Crippen molar-refractivity contribution in [2.45, 2.75) is 19.0 Å². The highest BCUT2D eigenvalue weighted by Crippen LogP contribution is 2.42. The van der Waals surface area contributed by atoms with E-state index in [4.69, 9.17) is 17.0 Å². The monoisotopic (exact) mass is 425 g/mol. The molecule has 1 saturated heterocycles. The van der Waals surface area contributed by atoms with Crippen LogP contribution in [0.25, 0.3) is 0 Å². The lowest BCUT2D eigenvalue weighted by molar-refractivity contribution is -0.143. The van der Waals surface area contributed by atoms with Crippen LogP contribution in [-0.2, 0) is 9.53 Å². The Morgan fingerprint density at radius 3 is 2.92 bits per heavy atom. The number of hydrogen-bond donors (Lipinski definition) is 1. The van der Waals surface area contributed by atoms with Crippen molar-refractivity contribution in [1.29, 1.82) is 0 Å². The quantitative estimate of drug-likeness (QED) is 0.584. The third-order valence-electron chi connectivity index (χ3n) is 3.69. The van der Waals surface area contributed by atoms with Gasteiger partial charge in [0.05, 0.1) is 28.2 Å². The molecular formula is C16H16BrN3O2S2. The van der Waals surface area contributed by atoms with E-state index < -0.39 is 0 Å². The zero-order valence-corrected chi connectivity index (χ0v) is 16.2. The second-order valence-corrected chi connectivity index (χ2v) is 8.08. The van der Waals surface area contributed by atoms with E-state index in [0.717, 1.165) is 14.4 Å². The number of nitrogens with one attached hydrogen (secondary N) is 1. The number of thiocarbonyl (C=S) groups is 1. The molecule has 0 aromatic carbocycles. The van der Waals surface area contributed by atoms with Gasteiger partial charge >= 0.3 is 5.97 Å². The number of carbonyl (C=O) groups excluding carboxylic acids is 1. The minimum Gasteiger partial charge on any atom is -0.465 e. The summed E-state index contributed by atoms with van der Waals surface area (Å²) in [5.41, 5.74) is 0.890. The molecule has 1 fully saturated rings. The second-order valence-electron chi connectivity index (χ2n) is 5.20. The van der Waals surface area contributed by atoms with E-state index in [0.29, 0.717) is 11.7 Å². The molecule has 0 radical (unpaired) electrons. The van der Waals surface area contributed by atoms with Crippen molar-refractivity contribution >= 4 is 50.6 Å². The summed E-state index contributed by atoms with van der Waals surface area (Å²) in [6.45, 7) is 2.26. The fourth-order valence-corrected chi connectivity index (χ4v) is 4.60. The third-order valence-corrected chi connectivity index (χ3v) is 5.73. The Balaban J connectivity index is 1.95. The molecule has 2 aromatic rings. The summed E-state index contributed by atoms with van der Waals surface area (Å²) in [6, 6.07) is 9.62. The van der Waals surface area contributed by atoms with Crippen molar-refractivity contribution in [2.24, 2.45) is 0 Å². The van der Waals surface area contributed by atoms with Crippen LogP contribution in [-0.4, -0.2) is 34.1 Å². The normalized spacial score (nSPS) is 20.1. The van der Waals surface area contributed by atoms with Gasteiger partial charge in [-0.1, -0.05) is 6.07 Å². The predicted molar refractivity (Wildman–Crippen MR) is 101 cm³/mol. The predicted octanol–water partition coefficient (Wildman–Crippen LogP) is 3.44. The van der Waals surface area contributed by atoms with Crippen LogP contribution in [0.5, 0.6) is 0 Å². The van der Waals surface area contributed by atoms with Crippen LogP contribution < -0.4 is 5.32 Å². The lowest BCUT2D eigenvalue weighted by atomic mass is 10.0. The van der Waals surface area contributed by atoms with Crippen molar-refractivity contribution < 1.29 is 9.53 Å². The highest BCUT2D eigenvalue weighted by Gasteiger charge is 2.41. The number of rotatable bonds is 5. The fourth-order valence-electron chi connectivity index (χ4n) is 2.72. The van der Waals surface area contributed by atoms with Crippen LogP contribution in [0.1, 0.15) is 29.6 Å². The van der Waals surface area contributed by atoms with E-state index in [-0.39, 0.29) is 24.6 Å². The molecule has 1 aliphatic heterocycles. The van der Waals surface area contributed by atoms with Gasteiger partial charge in [0.2, 0.25) is 0 Å². The number of ether oxygens (including phenoxy) is 1. The first-order valence-corrected chi connectivity index (χ1v) is 9.51. The van der Waals surface area contributed by atoms with Crippen molar-refractivity contribution in [3.05, 3.63) is 50.9 Å². The van der Waals surface area contributed by atoms with E-state index in [1.165, 1.54) is 0 Å². The number of carbonyl (C=O) groups is 1. The molecule has 2 atom stereocenters. The van der Waals surface area contributed by atoms with Gasteiger partial charge in [0.15, 0.2) is 5.11 Å². The maximum Gasteiger partial charge on any atom is 0.325 e. The molecule has 5 nitrogen and oxygen atoms in total. The van der Waals surface area contributed by atoms with Gasteiger partial charge in [-0.3, -0.25) is 9.78 Å². The summed E-state index contributed by atoms with van der Waals surface area (Å²) < 4.78 is 6.13. The number of aromatic nitrogens is 1. The molecule has 1 N–H and O–H groups in total. The summed E-state index contributed by atoms with van der Waals surface area (Å²) in [4.78, 5) is 19.4. The largest absolute Gasteiger partial charge is 0.465 e. The molecule has 0 saturated carbocycles. The van der Waals surface area contributed by atoms with Crippen molar-refractivity contribution in [3.8, 4) is 0 Å². The second kappa shape index (κ2) is 7.58. The Morgan fingerprint density at radius 1 is 1.46 bits per heavy atom. The number of pyridine rings is 1. The zero-order valence-electron chi connectivity index (χ0n) is 12.9. The van der Waals surface area contributed by atoms with Crippen molar-refractivity contribution in [1.82, 2.24) is 15.2 Å². The minimum absolute atomic E-state index is 0.104. The standard InChI is InChI=1S/C16H16BrN3O2S2/c1-2-22-13(21)9-20-15(11-6-7-12(17)24-11)14(19-16(20)23)10-5-3-4-8-18-10/h3-8,14-15H,2,9H2,1H3,(H,19,23). The van der Waals surface area contributed by atoms with E-state index in [1.54, 1.807) is 24.5 Å². The van der Waals surface area contributed by atoms with Gasteiger partial charge in [-0.25, -0.2) is 0 Å². The average molecular weight is 426 g/mol.